The number of amides is 2. The number of rotatable bonds is 15. The Balaban J connectivity index is 1.18. The summed E-state index contributed by atoms with van der Waals surface area (Å²) in [6.07, 6.45) is 10.6. The Labute approximate surface area is 291 Å². The largest absolute Gasteiger partial charge is 0.392 e. The summed E-state index contributed by atoms with van der Waals surface area (Å²) in [7, 11) is 0. The van der Waals surface area contributed by atoms with Crippen molar-refractivity contribution in [3.8, 4) is 11.1 Å². The van der Waals surface area contributed by atoms with Crippen molar-refractivity contribution in [2.45, 2.75) is 109 Å². The highest BCUT2D eigenvalue weighted by atomic mass is 16.7. The zero-order valence-electron chi connectivity index (χ0n) is 28.7. The van der Waals surface area contributed by atoms with Gasteiger partial charge in [-0.2, -0.15) is 0 Å². The van der Waals surface area contributed by atoms with Crippen molar-refractivity contribution in [2.75, 3.05) is 19.6 Å². The third-order valence-electron chi connectivity index (χ3n) is 9.64. The van der Waals surface area contributed by atoms with Gasteiger partial charge in [0.25, 0.3) is 0 Å². The molecule has 3 aromatic carbocycles. The van der Waals surface area contributed by atoms with E-state index < -0.39 is 6.29 Å². The fourth-order valence-corrected chi connectivity index (χ4v) is 6.78. The molecule has 49 heavy (non-hydrogen) atoms. The fraction of sp³-hybridized carbons (Fsp3) is 0.500. The van der Waals surface area contributed by atoms with Crippen LogP contribution in [0.1, 0.15) is 112 Å². The summed E-state index contributed by atoms with van der Waals surface area (Å²) in [6, 6.07) is 24.7. The van der Waals surface area contributed by atoms with Crippen LogP contribution in [-0.2, 0) is 32.2 Å². The molecular formula is C40H53N3O6. The molecule has 9 nitrogen and oxygen atoms in total. The molecule has 2 saturated heterocycles. The van der Waals surface area contributed by atoms with Gasteiger partial charge in [0, 0.05) is 37.9 Å². The van der Waals surface area contributed by atoms with E-state index >= 15 is 0 Å². The number of benzene rings is 3. The van der Waals surface area contributed by atoms with Gasteiger partial charge in [-0.3, -0.25) is 14.8 Å². The van der Waals surface area contributed by atoms with E-state index in [1.165, 1.54) is 32.1 Å². The number of likely N-dealkylation sites (tertiary alicyclic amines) is 1. The first-order valence-electron chi connectivity index (χ1n) is 18.1. The first kappa shape index (κ1) is 36.7. The van der Waals surface area contributed by atoms with Gasteiger partial charge >= 0.3 is 0 Å². The molecule has 0 bridgehead atoms. The van der Waals surface area contributed by atoms with Crippen LogP contribution in [0.2, 0.25) is 0 Å². The van der Waals surface area contributed by atoms with Crippen LogP contribution >= 0.6 is 0 Å². The average molecular weight is 672 g/mol. The maximum atomic E-state index is 12.4. The van der Waals surface area contributed by atoms with Crippen LogP contribution in [0.25, 0.3) is 11.1 Å². The summed E-state index contributed by atoms with van der Waals surface area (Å²) in [4.78, 5) is 26.1. The van der Waals surface area contributed by atoms with Crippen molar-refractivity contribution in [3.63, 3.8) is 0 Å². The lowest BCUT2D eigenvalue weighted by Crippen LogP contribution is -2.40. The Morgan fingerprint density at radius 3 is 2.10 bits per heavy atom. The normalized spacial score (nSPS) is 20.2. The molecule has 2 heterocycles. The lowest BCUT2D eigenvalue weighted by molar-refractivity contribution is -0.253. The van der Waals surface area contributed by atoms with Crippen molar-refractivity contribution in [1.29, 1.82) is 0 Å². The van der Waals surface area contributed by atoms with Crippen LogP contribution in [-0.4, -0.2) is 52.8 Å². The minimum atomic E-state index is -0.480. The molecule has 2 amide bonds. The minimum absolute atomic E-state index is 0.0163. The second kappa shape index (κ2) is 19.6. The molecule has 0 spiro atoms. The van der Waals surface area contributed by atoms with E-state index in [0.29, 0.717) is 25.8 Å². The van der Waals surface area contributed by atoms with Crippen LogP contribution in [0.4, 0.5) is 0 Å². The number of carbonyl (C=O) groups excluding carboxylic acids is 2. The number of aliphatic hydroxyl groups excluding tert-OH is 1. The van der Waals surface area contributed by atoms with Crippen LogP contribution in [0.15, 0.2) is 72.8 Å². The first-order valence-corrected chi connectivity index (χ1v) is 18.1. The molecule has 0 radical (unpaired) electrons. The van der Waals surface area contributed by atoms with Gasteiger partial charge in [-0.05, 0) is 72.7 Å². The Hall–Kier alpha value is -3.60. The lowest BCUT2D eigenvalue weighted by Gasteiger charge is -2.38. The van der Waals surface area contributed by atoms with Gasteiger partial charge in [-0.25, -0.2) is 5.48 Å². The molecular weight excluding hydrogens is 618 g/mol. The van der Waals surface area contributed by atoms with Crippen molar-refractivity contribution >= 4 is 11.8 Å². The van der Waals surface area contributed by atoms with Gasteiger partial charge < -0.3 is 24.8 Å². The number of hydroxylamine groups is 1. The summed E-state index contributed by atoms with van der Waals surface area (Å²) < 4.78 is 13.3. The highest BCUT2D eigenvalue weighted by molar-refractivity contribution is 5.76. The molecule has 0 aromatic heterocycles. The summed E-state index contributed by atoms with van der Waals surface area (Å²) >= 11 is 0. The molecule has 264 valence electrons. The minimum Gasteiger partial charge on any atom is -0.392 e. The third-order valence-corrected chi connectivity index (χ3v) is 9.64. The van der Waals surface area contributed by atoms with Gasteiger partial charge in [-0.1, -0.05) is 98.8 Å². The Bertz CT molecular complexity index is 1440. The van der Waals surface area contributed by atoms with E-state index in [2.05, 4.69) is 58.7 Å². The van der Waals surface area contributed by atoms with Crippen LogP contribution in [0.5, 0.6) is 0 Å². The van der Waals surface area contributed by atoms with E-state index in [1.54, 1.807) is 5.48 Å². The molecule has 3 atom stereocenters. The predicted molar refractivity (Wildman–Crippen MR) is 189 cm³/mol. The van der Waals surface area contributed by atoms with Gasteiger partial charge in [0.15, 0.2) is 6.29 Å². The summed E-state index contributed by atoms with van der Waals surface area (Å²) in [5.74, 6) is -0.357. The maximum Gasteiger partial charge on any atom is 0.243 e. The van der Waals surface area contributed by atoms with E-state index in [-0.39, 0.29) is 30.6 Å². The van der Waals surface area contributed by atoms with E-state index in [0.717, 1.165) is 78.7 Å². The van der Waals surface area contributed by atoms with Crippen molar-refractivity contribution in [3.05, 3.63) is 95.1 Å². The highest BCUT2D eigenvalue weighted by Gasteiger charge is 2.33. The molecule has 2 aliphatic rings. The molecule has 5 rings (SSSR count). The van der Waals surface area contributed by atoms with Crippen molar-refractivity contribution in [2.24, 2.45) is 0 Å². The number of nitrogens with one attached hydrogen (secondary N) is 2. The molecule has 2 aliphatic heterocycles. The van der Waals surface area contributed by atoms with Crippen molar-refractivity contribution < 1.29 is 29.4 Å². The highest BCUT2D eigenvalue weighted by Crippen LogP contribution is 2.39. The Kier molecular flexibility index (Phi) is 14.6. The fourth-order valence-electron chi connectivity index (χ4n) is 6.78. The number of ether oxygens (including phenoxy) is 2. The van der Waals surface area contributed by atoms with Crippen LogP contribution in [0.3, 0.4) is 0 Å². The summed E-state index contributed by atoms with van der Waals surface area (Å²) in [6.45, 7) is 3.63. The van der Waals surface area contributed by atoms with Crippen LogP contribution in [0, 0.1) is 0 Å². The molecule has 4 N–H and O–H groups in total. The Morgan fingerprint density at radius 2 is 1.41 bits per heavy atom. The lowest BCUT2D eigenvalue weighted by atomic mass is 9.98. The van der Waals surface area contributed by atoms with Gasteiger partial charge in [0.05, 0.1) is 18.8 Å². The molecule has 0 unspecified atom stereocenters. The zero-order chi connectivity index (χ0) is 34.3. The number of unbranched alkanes of at least 4 members (excludes halogenated alkanes) is 3. The number of hydrogen-bond acceptors (Lipinski definition) is 7. The molecule has 2 fully saturated rings. The topological polar surface area (TPSA) is 120 Å². The summed E-state index contributed by atoms with van der Waals surface area (Å²) in [5, 5.41) is 21.1. The Morgan fingerprint density at radius 1 is 0.735 bits per heavy atom. The van der Waals surface area contributed by atoms with E-state index in [4.69, 9.17) is 14.7 Å². The van der Waals surface area contributed by atoms with E-state index in [9.17, 15) is 14.7 Å². The SMILES string of the molecule is O=C(CCCCCCC(=O)NCc1cccc(-c2ccc([C@@H]3O[C@H](CN4CCCCCCC4)C[C@H](c4ccc(CO)cc4)O3)cc2)c1)NO. The smallest absolute Gasteiger partial charge is 0.243 e. The molecule has 9 heteroatoms. The van der Waals surface area contributed by atoms with Gasteiger partial charge in [-0.15, -0.1) is 0 Å². The monoisotopic (exact) mass is 671 g/mol. The van der Waals surface area contributed by atoms with E-state index in [1.807, 2.05) is 24.3 Å². The molecule has 3 aromatic rings. The standard InChI is InChI=1S/C40H53N3O6/c44-29-30-15-17-33(18-16-30)37-26-36(28-43-23-8-4-1-5-9-24-43)48-40(49-37)34-21-19-32(20-22-34)35-12-10-11-31(25-35)27-41-38(45)13-6-2-3-7-14-39(46)42-47/h10-12,15-22,25,36-37,40,44,47H,1-9,13-14,23-24,26-29H2,(H,41,45)(H,42,46)/t36-,37+,40+/m0/s1. The number of aliphatic hydroxyl groups is 1. The maximum absolute atomic E-state index is 12.4. The van der Waals surface area contributed by atoms with Crippen LogP contribution < -0.4 is 10.8 Å². The number of hydrogen-bond donors (Lipinski definition) is 4. The zero-order valence-corrected chi connectivity index (χ0v) is 28.7. The first-order chi connectivity index (χ1) is 24.0. The quantitative estimate of drug-likeness (QED) is 0.0772. The second-order valence-electron chi connectivity index (χ2n) is 13.5. The molecule has 0 aliphatic carbocycles. The number of carbonyl (C=O) groups is 2. The predicted octanol–water partition coefficient (Wildman–Crippen LogP) is 7.12. The average Bonchev–Trinajstić information content (AvgIpc) is 3.13. The van der Waals surface area contributed by atoms with Gasteiger partial charge in [0.2, 0.25) is 11.8 Å². The molecule has 0 saturated carbocycles. The van der Waals surface area contributed by atoms with Crippen molar-refractivity contribution in [1.82, 2.24) is 15.7 Å². The summed E-state index contributed by atoms with van der Waals surface area (Å²) in [5.41, 5.74) is 7.81. The number of nitrogens with zero attached hydrogens (tertiary/aromatic N) is 1. The second-order valence-corrected chi connectivity index (χ2v) is 13.5. The third kappa shape index (κ3) is 11.8. The van der Waals surface area contributed by atoms with Gasteiger partial charge in [0.1, 0.15) is 0 Å².